The summed E-state index contributed by atoms with van der Waals surface area (Å²) in [6, 6.07) is 111. The highest BCUT2D eigenvalue weighted by atomic mass is 15.2. The molecule has 4 heterocycles. The lowest BCUT2D eigenvalue weighted by atomic mass is 9.31. The second kappa shape index (κ2) is 27.6. The number of aromatic nitrogens is 2. The average molecular weight is 1520 g/mol. The van der Waals surface area contributed by atoms with Crippen molar-refractivity contribution in [2.24, 2.45) is 0 Å². The predicted molar refractivity (Wildman–Crippen MR) is 499 cm³/mol. The molecule has 2 aliphatic heterocycles. The first-order valence-electron chi connectivity index (χ1n) is 41.7. The third-order valence-electron chi connectivity index (χ3n) is 25.2. The summed E-state index contributed by atoms with van der Waals surface area (Å²) in [6.07, 6.45) is 0. The van der Waals surface area contributed by atoms with Crippen LogP contribution in [0.15, 0.2) is 285 Å². The number of benzene rings is 14. The molecule has 2 aromatic heterocycles. The van der Waals surface area contributed by atoms with Crippen LogP contribution in [-0.2, 0) is 32.5 Å². The van der Waals surface area contributed by atoms with Crippen molar-refractivity contribution in [3.05, 3.63) is 352 Å². The Morgan fingerprint density at radius 3 is 1.23 bits per heavy atom. The fourth-order valence-corrected chi connectivity index (χ4v) is 18.8. The molecular weight excluding hydrogens is 1410 g/mol. The summed E-state index contributed by atoms with van der Waals surface area (Å²) in [5.41, 5.74) is 34.1. The summed E-state index contributed by atoms with van der Waals surface area (Å²) in [5, 5.41) is 16.6. The lowest BCUT2D eigenvalue weighted by molar-refractivity contribution is 0.568. The highest BCUT2D eigenvalue weighted by Gasteiger charge is 2.47. The zero-order chi connectivity index (χ0) is 81.9. The van der Waals surface area contributed by atoms with Crippen molar-refractivity contribution < 1.29 is 0 Å². The van der Waals surface area contributed by atoms with E-state index in [0.717, 1.165) is 117 Å². The van der Waals surface area contributed by atoms with Gasteiger partial charge in [0.25, 0.3) is 0 Å². The topological polar surface area (TPSA) is 41.2 Å². The Morgan fingerprint density at radius 1 is 0.325 bits per heavy atom. The van der Waals surface area contributed by atoms with Crippen molar-refractivity contribution in [3.63, 3.8) is 0 Å². The molecule has 5 nitrogen and oxygen atoms in total. The molecule has 0 saturated heterocycles. The Bertz CT molecular complexity index is 6300. The molecule has 574 valence electrons. The normalized spacial score (nSPS) is 13.8. The van der Waals surface area contributed by atoms with Crippen molar-refractivity contribution >= 4 is 89.5 Å². The van der Waals surface area contributed by atoms with Crippen molar-refractivity contribution in [3.8, 4) is 73.1 Å². The summed E-state index contributed by atoms with van der Waals surface area (Å²) in [7, 11) is 0. The number of hydrogen-bond donors (Lipinski definition) is 0. The van der Waals surface area contributed by atoms with E-state index in [1.165, 1.54) is 77.0 Å². The van der Waals surface area contributed by atoms with Crippen LogP contribution in [0.3, 0.4) is 0 Å². The van der Waals surface area contributed by atoms with Gasteiger partial charge in [-0.1, -0.05) is 342 Å². The molecule has 1 atom stereocenters. The van der Waals surface area contributed by atoms with Gasteiger partial charge < -0.3 is 14.0 Å². The van der Waals surface area contributed by atoms with E-state index in [9.17, 15) is 11.8 Å². The molecule has 6 heteroatoms. The van der Waals surface area contributed by atoms with Gasteiger partial charge in [-0.15, -0.1) is 0 Å². The van der Waals surface area contributed by atoms with E-state index in [1.54, 1.807) is 0 Å². The first-order valence-corrected chi connectivity index (χ1v) is 41.7. The Balaban J connectivity index is 1.09. The van der Waals surface area contributed by atoms with E-state index < -0.39 is 5.92 Å². The summed E-state index contributed by atoms with van der Waals surface area (Å²) in [6.45, 7) is 51.1. The average Bonchev–Trinajstić information content (AvgIpc) is 1.25. The number of hydrogen-bond acceptors (Lipinski definition) is 2. The number of nitriles is 1. The third kappa shape index (κ3) is 12.9. The summed E-state index contributed by atoms with van der Waals surface area (Å²) < 4.78 is 4.98. The molecule has 0 amide bonds. The van der Waals surface area contributed by atoms with Gasteiger partial charge in [-0.25, -0.2) is 4.85 Å². The fraction of sp³-hybridized carbons (Fsp3) is 0.225. The van der Waals surface area contributed by atoms with Gasteiger partial charge in [-0.2, -0.15) is 5.26 Å². The van der Waals surface area contributed by atoms with E-state index in [1.807, 2.05) is 24.3 Å². The van der Waals surface area contributed by atoms with Gasteiger partial charge in [0.2, 0.25) is 6.71 Å². The van der Waals surface area contributed by atoms with Crippen LogP contribution in [0.1, 0.15) is 186 Å². The molecule has 0 fully saturated rings. The molecule has 0 bridgehead atoms. The molecule has 0 radical (unpaired) electrons. The van der Waals surface area contributed by atoms with E-state index in [4.69, 9.17) is 0 Å². The first kappa shape index (κ1) is 75.9. The van der Waals surface area contributed by atoms with E-state index in [2.05, 4.69) is 410 Å². The molecule has 117 heavy (non-hydrogen) atoms. The number of para-hydroxylation sites is 5. The zero-order valence-corrected chi connectivity index (χ0v) is 71.0. The highest BCUT2D eigenvalue weighted by Crippen LogP contribution is 2.57. The minimum absolute atomic E-state index is 0.224. The molecule has 0 aliphatic carbocycles. The van der Waals surface area contributed by atoms with Crippen molar-refractivity contribution in [2.45, 2.75) is 163 Å². The standard InChI is InChI=1S/C111H102BN5/c1-106(2,3)73-53-71(54-74(59-73)107(4,5)6)87-61-77(110(13,14)15)63-89(81-38-24-23-37-69(81)67-113)102(87)103-91-65-79(115-96-45-31-26-40-83(96)84-41-27-32-46-97(84)115)49-51-93(91)112-94-52-50-80(116-98-47-33-28-42-85(98)86-43-29-34-48-99(86)116)66-100(94)117(101-58-70(57-92(103)104(101)112)68-35-21-20-22-36-68)105-88(72-55-75(108(7,8)9)60-76(56-72)109(10,11)12)62-78(111(16,17)18)64-90(105)82-39-25-30-44-95(82)114-19/h20-66,103H,1-18H3. The van der Waals surface area contributed by atoms with E-state index >= 15 is 0 Å². The Kier molecular flexibility index (Phi) is 17.9. The number of nitrogens with zero attached hydrogens (tertiary/aromatic N) is 5. The molecule has 18 rings (SSSR count). The van der Waals surface area contributed by atoms with Gasteiger partial charge in [0.15, 0.2) is 5.69 Å². The van der Waals surface area contributed by atoms with Crippen LogP contribution in [0.5, 0.6) is 0 Å². The second-order valence-electron chi connectivity index (χ2n) is 39.2. The van der Waals surface area contributed by atoms with Gasteiger partial charge in [-0.05, 0) is 216 Å². The molecule has 2 aliphatic rings. The van der Waals surface area contributed by atoms with Crippen LogP contribution < -0.4 is 21.3 Å². The van der Waals surface area contributed by atoms with E-state index in [-0.39, 0.29) is 39.2 Å². The van der Waals surface area contributed by atoms with Gasteiger partial charge in [0, 0.05) is 55.8 Å². The lowest BCUT2D eigenvalue weighted by Crippen LogP contribution is -2.62. The maximum Gasteiger partial charge on any atom is 0.247 e. The first-order chi connectivity index (χ1) is 55.7. The van der Waals surface area contributed by atoms with Crippen LogP contribution in [0.4, 0.5) is 22.7 Å². The number of anilines is 3. The zero-order valence-electron chi connectivity index (χ0n) is 71.0. The van der Waals surface area contributed by atoms with Crippen LogP contribution >= 0.6 is 0 Å². The van der Waals surface area contributed by atoms with Gasteiger partial charge in [0.05, 0.1) is 46.0 Å². The molecule has 0 spiro atoms. The summed E-state index contributed by atoms with van der Waals surface area (Å²) in [4.78, 5) is 7.18. The SMILES string of the molecule is [C-]#[N+]c1ccccc1-c1cc(C(C)(C)C)cc(-c2cc(C(C)(C)C)cc(C(C)(C)C)c2)c1N1c2cc(-n3c4ccccc4c4ccccc43)ccc2B2c3ccc(-n4c5ccccc5c5ccccc54)cc3C(c3c(-c4cc(C(C)(C)C)cc(C(C)(C)C)c4)cc(C(C)(C)C)cc3-c3ccccc3C#N)c3cc(-c4ccccc4)cc1c32. The lowest BCUT2D eigenvalue weighted by Gasteiger charge is -2.45. The Hall–Kier alpha value is -12.5. The van der Waals surface area contributed by atoms with Crippen molar-refractivity contribution in [1.29, 1.82) is 5.26 Å². The predicted octanol–water partition coefficient (Wildman–Crippen LogP) is 28.2. The van der Waals surface area contributed by atoms with Crippen LogP contribution in [0, 0.1) is 17.9 Å². The molecule has 16 aromatic rings. The van der Waals surface area contributed by atoms with E-state index in [0.29, 0.717) is 11.3 Å². The maximum atomic E-state index is 11.8. The molecular formula is C111H102BN5. The molecule has 0 N–H and O–H groups in total. The molecule has 1 unspecified atom stereocenters. The molecule has 0 saturated carbocycles. The quantitative estimate of drug-likeness (QED) is 0.107. The van der Waals surface area contributed by atoms with Crippen LogP contribution in [-0.4, -0.2) is 15.8 Å². The molecule has 14 aromatic carbocycles. The minimum atomic E-state index is -0.507. The van der Waals surface area contributed by atoms with Gasteiger partial charge in [0.1, 0.15) is 0 Å². The van der Waals surface area contributed by atoms with Crippen molar-refractivity contribution in [1.82, 2.24) is 9.13 Å². The second-order valence-corrected chi connectivity index (χ2v) is 39.2. The smallest absolute Gasteiger partial charge is 0.247 e. The van der Waals surface area contributed by atoms with Crippen molar-refractivity contribution in [2.75, 3.05) is 4.90 Å². The fourth-order valence-electron chi connectivity index (χ4n) is 18.8. The Labute approximate surface area is 692 Å². The van der Waals surface area contributed by atoms with Crippen LogP contribution in [0.2, 0.25) is 0 Å². The summed E-state index contributed by atoms with van der Waals surface area (Å²) in [5.74, 6) is -0.507. The highest BCUT2D eigenvalue weighted by molar-refractivity contribution is 6.99. The monoisotopic (exact) mass is 1520 g/mol. The minimum Gasteiger partial charge on any atom is -0.310 e. The number of rotatable bonds is 9. The van der Waals surface area contributed by atoms with Crippen LogP contribution in [0.25, 0.3) is 115 Å². The maximum absolute atomic E-state index is 11.8. The Morgan fingerprint density at radius 2 is 0.735 bits per heavy atom. The largest absolute Gasteiger partial charge is 0.310 e. The van der Waals surface area contributed by atoms with Gasteiger partial charge >= 0.3 is 0 Å². The van der Waals surface area contributed by atoms with Gasteiger partial charge in [-0.3, -0.25) is 0 Å². The number of fused-ring (bicyclic) bond motifs is 10. The third-order valence-corrected chi connectivity index (χ3v) is 25.2. The summed E-state index contributed by atoms with van der Waals surface area (Å²) >= 11 is 0.